The van der Waals surface area contributed by atoms with Crippen LogP contribution in [0.5, 0.6) is 0 Å². The lowest BCUT2D eigenvalue weighted by molar-refractivity contribution is -0.137. The average Bonchev–Trinajstić information content (AvgIpc) is 2.69. The standard InChI is InChI=1S/C21H20F4N4/c1-3-13(2)14-8-10-15(11-9-14)27-20-26-12-16(21(23,24)25)19(29-20)28-18-7-5-4-6-17(18)22/h4-13H,3H2,1-2H3,(H2,26,27,28,29). The van der Waals surface area contributed by atoms with Gasteiger partial charge in [0.1, 0.15) is 17.2 Å². The third-order valence-electron chi connectivity index (χ3n) is 4.57. The summed E-state index contributed by atoms with van der Waals surface area (Å²) in [7, 11) is 0. The number of alkyl halides is 3. The minimum Gasteiger partial charge on any atom is -0.337 e. The summed E-state index contributed by atoms with van der Waals surface area (Å²) < 4.78 is 53.9. The van der Waals surface area contributed by atoms with Gasteiger partial charge in [-0.15, -0.1) is 0 Å². The molecule has 0 saturated heterocycles. The third kappa shape index (κ3) is 5.01. The van der Waals surface area contributed by atoms with Crippen molar-refractivity contribution in [1.82, 2.24) is 9.97 Å². The predicted octanol–water partition coefficient (Wildman–Crippen LogP) is 6.64. The molecule has 0 aliphatic rings. The Morgan fingerprint density at radius 2 is 1.69 bits per heavy atom. The zero-order chi connectivity index (χ0) is 21.0. The minimum atomic E-state index is -4.69. The van der Waals surface area contributed by atoms with Crippen molar-refractivity contribution in [3.63, 3.8) is 0 Å². The molecule has 1 heterocycles. The lowest BCUT2D eigenvalue weighted by Crippen LogP contribution is -2.13. The Bertz CT molecular complexity index is 971. The zero-order valence-electron chi connectivity index (χ0n) is 15.9. The smallest absolute Gasteiger partial charge is 0.337 e. The number of benzene rings is 2. The van der Waals surface area contributed by atoms with Crippen LogP contribution in [0.3, 0.4) is 0 Å². The first-order chi connectivity index (χ1) is 13.8. The van der Waals surface area contributed by atoms with Gasteiger partial charge in [0.15, 0.2) is 0 Å². The second-order valence-corrected chi connectivity index (χ2v) is 6.61. The highest BCUT2D eigenvalue weighted by atomic mass is 19.4. The molecule has 3 rings (SSSR count). The molecule has 0 spiro atoms. The normalized spacial score (nSPS) is 12.5. The number of hydrogen-bond donors (Lipinski definition) is 2. The highest BCUT2D eigenvalue weighted by Crippen LogP contribution is 2.35. The van der Waals surface area contributed by atoms with Crippen LogP contribution in [-0.4, -0.2) is 9.97 Å². The number of hydrogen-bond acceptors (Lipinski definition) is 4. The van der Waals surface area contributed by atoms with E-state index in [0.717, 1.165) is 18.1 Å². The Labute approximate surface area is 166 Å². The van der Waals surface area contributed by atoms with Crippen molar-refractivity contribution < 1.29 is 17.6 Å². The number of aromatic nitrogens is 2. The molecule has 0 fully saturated rings. The van der Waals surface area contributed by atoms with Crippen molar-refractivity contribution in [3.05, 3.63) is 71.7 Å². The second-order valence-electron chi connectivity index (χ2n) is 6.61. The molecule has 152 valence electrons. The summed E-state index contributed by atoms with van der Waals surface area (Å²) in [6, 6.07) is 12.9. The fraction of sp³-hybridized carbons (Fsp3) is 0.238. The average molecular weight is 404 g/mol. The molecule has 0 aliphatic carbocycles. The second kappa shape index (κ2) is 8.46. The van der Waals surface area contributed by atoms with Crippen LogP contribution in [0.4, 0.5) is 40.7 Å². The Hall–Kier alpha value is -3.16. The third-order valence-corrected chi connectivity index (χ3v) is 4.57. The largest absolute Gasteiger partial charge is 0.421 e. The first kappa shape index (κ1) is 20.6. The molecule has 1 aromatic heterocycles. The van der Waals surface area contributed by atoms with Crippen LogP contribution in [-0.2, 0) is 6.18 Å². The van der Waals surface area contributed by atoms with E-state index in [2.05, 4.69) is 34.4 Å². The minimum absolute atomic E-state index is 0.0341. The summed E-state index contributed by atoms with van der Waals surface area (Å²) in [5, 5.41) is 5.30. The fourth-order valence-electron chi connectivity index (χ4n) is 2.69. The molecular weight excluding hydrogens is 384 g/mol. The van der Waals surface area contributed by atoms with Crippen molar-refractivity contribution in [3.8, 4) is 0 Å². The van der Waals surface area contributed by atoms with Crippen LogP contribution in [0.25, 0.3) is 0 Å². The number of nitrogens with one attached hydrogen (secondary N) is 2. The van der Waals surface area contributed by atoms with Crippen LogP contribution in [0.1, 0.15) is 37.3 Å². The van der Waals surface area contributed by atoms with Crippen LogP contribution in [0.15, 0.2) is 54.7 Å². The molecule has 8 heteroatoms. The van der Waals surface area contributed by atoms with Crippen molar-refractivity contribution >= 4 is 23.1 Å². The zero-order valence-corrected chi connectivity index (χ0v) is 15.9. The van der Waals surface area contributed by atoms with E-state index in [4.69, 9.17) is 0 Å². The lowest BCUT2D eigenvalue weighted by atomic mass is 9.99. The molecule has 0 bridgehead atoms. The maximum atomic E-state index is 13.9. The number of rotatable bonds is 6. The van der Waals surface area contributed by atoms with Crippen LogP contribution in [0.2, 0.25) is 0 Å². The molecule has 1 unspecified atom stereocenters. The molecule has 4 nitrogen and oxygen atoms in total. The molecule has 0 radical (unpaired) electrons. The predicted molar refractivity (Wildman–Crippen MR) is 105 cm³/mol. The van der Waals surface area contributed by atoms with Crippen molar-refractivity contribution in [2.24, 2.45) is 0 Å². The van der Waals surface area contributed by atoms with Crippen LogP contribution in [0, 0.1) is 5.82 Å². The van der Waals surface area contributed by atoms with E-state index in [0.29, 0.717) is 17.8 Å². The maximum absolute atomic E-state index is 13.9. The molecule has 3 aromatic rings. The van der Waals surface area contributed by atoms with Gasteiger partial charge < -0.3 is 10.6 Å². The van der Waals surface area contributed by atoms with E-state index < -0.39 is 23.4 Å². The first-order valence-corrected chi connectivity index (χ1v) is 9.10. The molecule has 2 aromatic carbocycles. The molecule has 2 N–H and O–H groups in total. The first-order valence-electron chi connectivity index (χ1n) is 9.10. The van der Waals surface area contributed by atoms with Gasteiger partial charge in [-0.3, -0.25) is 0 Å². The number of halogens is 4. The van der Waals surface area contributed by atoms with Gasteiger partial charge >= 0.3 is 6.18 Å². The summed E-state index contributed by atoms with van der Waals surface area (Å²) in [5.74, 6) is -0.846. The molecule has 0 aliphatic heterocycles. The highest BCUT2D eigenvalue weighted by molar-refractivity contribution is 5.63. The topological polar surface area (TPSA) is 49.8 Å². The summed E-state index contributed by atoms with van der Waals surface area (Å²) >= 11 is 0. The molecule has 0 amide bonds. The summed E-state index contributed by atoms with van der Waals surface area (Å²) in [4.78, 5) is 7.69. The van der Waals surface area contributed by atoms with Gasteiger partial charge in [-0.1, -0.05) is 38.1 Å². The quantitative estimate of drug-likeness (QED) is 0.453. The van der Waals surface area contributed by atoms with Crippen LogP contribution < -0.4 is 10.6 Å². The van der Waals surface area contributed by atoms with Gasteiger partial charge in [-0.05, 0) is 42.2 Å². The van der Waals surface area contributed by atoms with Crippen molar-refractivity contribution in [1.29, 1.82) is 0 Å². The molecule has 0 saturated carbocycles. The molecule has 1 atom stereocenters. The molecular formula is C21H20F4N4. The van der Waals surface area contributed by atoms with Crippen LogP contribution >= 0.6 is 0 Å². The number of para-hydroxylation sites is 1. The Morgan fingerprint density at radius 1 is 1.00 bits per heavy atom. The monoisotopic (exact) mass is 404 g/mol. The van der Waals surface area contributed by atoms with E-state index in [1.807, 2.05) is 24.3 Å². The van der Waals surface area contributed by atoms with Gasteiger partial charge in [0.2, 0.25) is 5.95 Å². The lowest BCUT2D eigenvalue weighted by Gasteiger charge is -2.15. The fourth-order valence-corrected chi connectivity index (χ4v) is 2.69. The van der Waals surface area contributed by atoms with Gasteiger partial charge in [0.05, 0.1) is 5.69 Å². The Balaban J connectivity index is 1.89. The maximum Gasteiger partial charge on any atom is 0.421 e. The van der Waals surface area contributed by atoms with E-state index in [9.17, 15) is 17.6 Å². The highest BCUT2D eigenvalue weighted by Gasteiger charge is 2.35. The van der Waals surface area contributed by atoms with Gasteiger partial charge in [-0.25, -0.2) is 9.37 Å². The van der Waals surface area contributed by atoms with E-state index >= 15 is 0 Å². The summed E-state index contributed by atoms with van der Waals surface area (Å²) in [5.41, 5.74) is 0.598. The molecule has 29 heavy (non-hydrogen) atoms. The van der Waals surface area contributed by atoms with E-state index in [-0.39, 0.29) is 11.6 Å². The summed E-state index contributed by atoms with van der Waals surface area (Å²) in [6.45, 7) is 4.21. The number of anilines is 4. The van der Waals surface area contributed by atoms with Gasteiger partial charge in [0, 0.05) is 11.9 Å². The van der Waals surface area contributed by atoms with E-state index in [1.54, 1.807) is 0 Å². The Kier molecular flexibility index (Phi) is 6.00. The summed E-state index contributed by atoms with van der Waals surface area (Å²) in [6.07, 6.45) is -3.02. The number of nitrogens with zero attached hydrogens (tertiary/aromatic N) is 2. The van der Waals surface area contributed by atoms with Crippen molar-refractivity contribution in [2.75, 3.05) is 10.6 Å². The Morgan fingerprint density at radius 3 is 2.31 bits per heavy atom. The SMILES string of the molecule is CCC(C)c1ccc(Nc2ncc(C(F)(F)F)c(Nc3ccccc3F)n2)cc1. The van der Waals surface area contributed by atoms with Crippen molar-refractivity contribution in [2.45, 2.75) is 32.4 Å². The van der Waals surface area contributed by atoms with E-state index in [1.165, 1.54) is 18.2 Å². The van der Waals surface area contributed by atoms with Gasteiger partial charge in [-0.2, -0.15) is 18.2 Å². The van der Waals surface area contributed by atoms with Gasteiger partial charge in [0.25, 0.3) is 0 Å².